The Hall–Kier alpha value is -2.89. The highest BCUT2D eigenvalue weighted by molar-refractivity contribution is 5.99. The molecule has 3 nitrogen and oxygen atoms in total. The van der Waals surface area contributed by atoms with E-state index >= 15 is 0 Å². The molecule has 0 amide bonds. The largest absolute Gasteiger partial charge is 0.416 e. The van der Waals surface area contributed by atoms with E-state index < -0.39 is 11.7 Å². The van der Waals surface area contributed by atoms with Crippen molar-refractivity contribution in [1.82, 2.24) is 0 Å². The first kappa shape index (κ1) is 15.0. The van der Waals surface area contributed by atoms with Crippen LogP contribution in [0.3, 0.4) is 0 Å². The SMILES string of the molecule is Nc1ccc(N=Nc2ccc(C(F)(F)F)cc2)c2ccccc12. The molecular formula is C17H12F3N3. The average Bonchev–Trinajstić information content (AvgIpc) is 2.54. The van der Waals surface area contributed by atoms with Crippen molar-refractivity contribution < 1.29 is 13.2 Å². The molecule has 0 aromatic heterocycles. The minimum atomic E-state index is -4.36. The third kappa shape index (κ3) is 3.15. The summed E-state index contributed by atoms with van der Waals surface area (Å²) >= 11 is 0. The van der Waals surface area contributed by atoms with Crippen molar-refractivity contribution in [2.45, 2.75) is 6.18 Å². The highest BCUT2D eigenvalue weighted by Gasteiger charge is 2.29. The Morgan fingerprint density at radius 3 is 2.04 bits per heavy atom. The van der Waals surface area contributed by atoms with Crippen molar-refractivity contribution in [1.29, 1.82) is 0 Å². The summed E-state index contributed by atoms with van der Waals surface area (Å²) in [6.07, 6.45) is -4.36. The van der Waals surface area contributed by atoms with Gasteiger partial charge in [0.25, 0.3) is 0 Å². The van der Waals surface area contributed by atoms with Crippen LogP contribution in [0.5, 0.6) is 0 Å². The maximum Gasteiger partial charge on any atom is 0.416 e. The van der Waals surface area contributed by atoms with E-state index in [-0.39, 0.29) is 0 Å². The molecule has 0 aliphatic rings. The fourth-order valence-electron chi connectivity index (χ4n) is 2.22. The third-order valence-corrected chi connectivity index (χ3v) is 3.40. The lowest BCUT2D eigenvalue weighted by atomic mass is 10.1. The van der Waals surface area contributed by atoms with Gasteiger partial charge in [-0.25, -0.2) is 0 Å². The molecule has 0 radical (unpaired) electrons. The predicted molar refractivity (Wildman–Crippen MR) is 84.0 cm³/mol. The van der Waals surface area contributed by atoms with Crippen molar-refractivity contribution >= 4 is 27.8 Å². The summed E-state index contributed by atoms with van der Waals surface area (Å²) in [5, 5.41) is 9.82. The monoisotopic (exact) mass is 315 g/mol. The fraction of sp³-hybridized carbons (Fsp3) is 0.0588. The van der Waals surface area contributed by atoms with E-state index in [0.717, 1.165) is 22.9 Å². The summed E-state index contributed by atoms with van der Waals surface area (Å²) in [4.78, 5) is 0. The van der Waals surface area contributed by atoms with E-state index in [2.05, 4.69) is 10.2 Å². The lowest BCUT2D eigenvalue weighted by molar-refractivity contribution is -0.137. The van der Waals surface area contributed by atoms with Crippen LogP contribution in [0.1, 0.15) is 5.56 Å². The third-order valence-electron chi connectivity index (χ3n) is 3.40. The quantitative estimate of drug-likeness (QED) is 0.467. The summed E-state index contributed by atoms with van der Waals surface area (Å²) in [7, 11) is 0. The Labute approximate surface area is 130 Å². The molecule has 3 aromatic rings. The van der Waals surface area contributed by atoms with Crippen LogP contribution in [-0.4, -0.2) is 0 Å². The second kappa shape index (κ2) is 5.72. The standard InChI is InChI=1S/C17H12F3N3/c18-17(19,20)11-5-7-12(8-6-11)22-23-16-10-9-15(21)13-3-1-2-4-14(13)16/h1-10H,21H2. The van der Waals surface area contributed by atoms with Crippen LogP contribution >= 0.6 is 0 Å². The molecule has 0 atom stereocenters. The van der Waals surface area contributed by atoms with Gasteiger partial charge in [-0.15, -0.1) is 5.11 Å². The molecule has 0 fully saturated rings. The Morgan fingerprint density at radius 2 is 1.39 bits per heavy atom. The number of rotatable bonds is 2. The molecular weight excluding hydrogens is 303 g/mol. The number of nitrogen functional groups attached to an aromatic ring is 1. The van der Waals surface area contributed by atoms with Crippen LogP contribution in [0, 0.1) is 0 Å². The number of benzene rings is 3. The molecule has 2 N–H and O–H groups in total. The summed E-state index contributed by atoms with van der Waals surface area (Å²) in [5.41, 5.74) is 6.78. The van der Waals surface area contributed by atoms with Gasteiger partial charge in [0.1, 0.15) is 0 Å². The average molecular weight is 315 g/mol. The molecule has 3 aromatic carbocycles. The number of nitrogens with two attached hydrogens (primary N) is 1. The number of alkyl halides is 3. The van der Waals surface area contributed by atoms with Crippen LogP contribution in [-0.2, 0) is 6.18 Å². The molecule has 116 valence electrons. The van der Waals surface area contributed by atoms with Gasteiger partial charge >= 0.3 is 6.18 Å². The zero-order valence-corrected chi connectivity index (χ0v) is 11.9. The van der Waals surface area contributed by atoms with Gasteiger partial charge in [0.15, 0.2) is 0 Å². The number of nitrogens with zero attached hydrogens (tertiary/aromatic N) is 2. The molecule has 3 rings (SSSR count). The lowest BCUT2D eigenvalue weighted by Crippen LogP contribution is -2.03. The van der Waals surface area contributed by atoms with Gasteiger partial charge < -0.3 is 5.73 Å². The van der Waals surface area contributed by atoms with Crippen LogP contribution in [0.15, 0.2) is 70.9 Å². The van der Waals surface area contributed by atoms with Crippen molar-refractivity contribution in [3.05, 3.63) is 66.2 Å². The summed E-state index contributed by atoms with van der Waals surface area (Å²) in [5.74, 6) is 0. The van der Waals surface area contributed by atoms with E-state index in [1.54, 1.807) is 12.1 Å². The molecule has 0 unspecified atom stereocenters. The first-order valence-corrected chi connectivity index (χ1v) is 6.81. The van der Waals surface area contributed by atoms with Crippen molar-refractivity contribution in [2.24, 2.45) is 10.2 Å². The number of azo groups is 1. The lowest BCUT2D eigenvalue weighted by Gasteiger charge is -2.06. The van der Waals surface area contributed by atoms with Gasteiger partial charge in [0.2, 0.25) is 0 Å². The van der Waals surface area contributed by atoms with Gasteiger partial charge in [-0.05, 0) is 36.4 Å². The van der Waals surface area contributed by atoms with E-state index in [9.17, 15) is 13.2 Å². The second-order valence-corrected chi connectivity index (χ2v) is 4.96. The molecule has 0 bridgehead atoms. The Bertz CT molecular complexity index is 868. The number of halogens is 3. The maximum absolute atomic E-state index is 12.5. The topological polar surface area (TPSA) is 50.7 Å². The fourth-order valence-corrected chi connectivity index (χ4v) is 2.22. The molecule has 23 heavy (non-hydrogen) atoms. The van der Waals surface area contributed by atoms with Crippen molar-refractivity contribution in [3.8, 4) is 0 Å². The minimum Gasteiger partial charge on any atom is -0.398 e. The van der Waals surface area contributed by atoms with Gasteiger partial charge in [-0.3, -0.25) is 0 Å². The molecule has 0 spiro atoms. The second-order valence-electron chi connectivity index (χ2n) is 4.96. The highest BCUT2D eigenvalue weighted by Crippen LogP contribution is 2.33. The Kier molecular flexibility index (Phi) is 3.73. The first-order chi connectivity index (χ1) is 10.9. The summed E-state index contributed by atoms with van der Waals surface area (Å²) < 4.78 is 37.6. The normalized spacial score (nSPS) is 12.1. The minimum absolute atomic E-state index is 0.346. The first-order valence-electron chi connectivity index (χ1n) is 6.81. The van der Waals surface area contributed by atoms with E-state index in [1.165, 1.54) is 12.1 Å². The van der Waals surface area contributed by atoms with Gasteiger partial charge in [-0.2, -0.15) is 18.3 Å². The number of hydrogen-bond acceptors (Lipinski definition) is 3. The molecule has 0 heterocycles. The zero-order valence-electron chi connectivity index (χ0n) is 11.9. The number of anilines is 1. The predicted octanol–water partition coefficient (Wildman–Crippen LogP) is 5.86. The van der Waals surface area contributed by atoms with Crippen LogP contribution in [0.4, 0.5) is 30.2 Å². The van der Waals surface area contributed by atoms with Crippen LogP contribution < -0.4 is 5.73 Å². The van der Waals surface area contributed by atoms with E-state index in [4.69, 9.17) is 5.73 Å². The van der Waals surface area contributed by atoms with Crippen LogP contribution in [0.2, 0.25) is 0 Å². The van der Waals surface area contributed by atoms with E-state index in [0.29, 0.717) is 17.1 Å². The smallest absolute Gasteiger partial charge is 0.398 e. The van der Waals surface area contributed by atoms with Crippen molar-refractivity contribution in [2.75, 3.05) is 5.73 Å². The van der Waals surface area contributed by atoms with Crippen molar-refractivity contribution in [3.63, 3.8) is 0 Å². The van der Waals surface area contributed by atoms with Gasteiger partial charge in [0, 0.05) is 16.5 Å². The summed E-state index contributed by atoms with van der Waals surface area (Å²) in [6, 6.07) is 15.5. The molecule has 6 heteroatoms. The maximum atomic E-state index is 12.5. The highest BCUT2D eigenvalue weighted by atomic mass is 19.4. The molecule has 0 aliphatic carbocycles. The summed E-state index contributed by atoms with van der Waals surface area (Å²) in [6.45, 7) is 0. The number of fused-ring (bicyclic) bond motifs is 1. The van der Waals surface area contributed by atoms with Gasteiger partial charge in [-0.1, -0.05) is 24.3 Å². The molecule has 0 aliphatic heterocycles. The molecule has 0 saturated heterocycles. The zero-order chi connectivity index (χ0) is 16.4. The molecule has 0 saturated carbocycles. The van der Waals surface area contributed by atoms with Gasteiger partial charge in [0.05, 0.1) is 16.9 Å². The Balaban J connectivity index is 1.93. The Morgan fingerprint density at radius 1 is 0.739 bits per heavy atom. The van der Waals surface area contributed by atoms with Crippen LogP contribution in [0.25, 0.3) is 10.8 Å². The number of hydrogen-bond donors (Lipinski definition) is 1. The van der Waals surface area contributed by atoms with E-state index in [1.807, 2.05) is 24.3 Å².